The summed E-state index contributed by atoms with van der Waals surface area (Å²) in [5, 5.41) is 24.5. The van der Waals surface area contributed by atoms with Gasteiger partial charge in [0.15, 0.2) is 0 Å². The fourth-order valence-electron chi connectivity index (χ4n) is 4.96. The number of carbonyl (C=O) groups is 1. The molecule has 1 aliphatic heterocycles. The van der Waals surface area contributed by atoms with Crippen LogP contribution < -0.4 is 10.6 Å². The Balaban J connectivity index is 1.32. The Hall–Kier alpha value is -5.01. The van der Waals surface area contributed by atoms with Gasteiger partial charge in [0.05, 0.1) is 17.3 Å². The molecule has 1 unspecified atom stereocenters. The predicted octanol–water partition coefficient (Wildman–Crippen LogP) is 2.52. The molecule has 0 spiro atoms. The third kappa shape index (κ3) is 5.41. The number of benzene rings is 1. The van der Waals surface area contributed by atoms with Gasteiger partial charge in [-0.25, -0.2) is 9.50 Å². The molecule has 4 aromatic rings. The van der Waals surface area contributed by atoms with Crippen LogP contribution in [0.2, 0.25) is 0 Å². The number of aliphatic hydroxyl groups excluding tert-OH is 1. The molecule has 40 heavy (non-hydrogen) atoms. The molecule has 0 radical (unpaired) electrons. The SMILES string of the molecule is CN=CC(=CN)c1cc(-c2ccc(N3CCN(C(=O)C(O)Cc4ccccc4)CC3)nc2)c2c(C#N)cnn2c1. The molecule has 0 bridgehead atoms. The lowest BCUT2D eigenvalue weighted by Gasteiger charge is -2.36. The Morgan fingerprint density at radius 2 is 1.95 bits per heavy atom. The molecule has 10 heteroatoms. The third-order valence-electron chi connectivity index (χ3n) is 7.04. The topological polar surface area (TPSA) is 136 Å². The molecule has 1 amide bonds. The number of hydrogen-bond donors (Lipinski definition) is 2. The first kappa shape index (κ1) is 26.6. The number of hydrogen-bond acceptors (Lipinski definition) is 8. The average molecular weight is 535 g/mol. The van der Waals surface area contributed by atoms with E-state index in [2.05, 4.69) is 21.1 Å². The Morgan fingerprint density at radius 1 is 1.18 bits per heavy atom. The first-order valence-corrected chi connectivity index (χ1v) is 13.0. The number of piperazine rings is 1. The molecule has 5 rings (SSSR count). The highest BCUT2D eigenvalue weighted by Gasteiger charge is 2.27. The number of carbonyl (C=O) groups excluding carboxylic acids is 1. The number of aliphatic hydroxyl groups is 1. The minimum absolute atomic E-state index is 0.246. The molecule has 202 valence electrons. The molecule has 10 nitrogen and oxygen atoms in total. The van der Waals surface area contributed by atoms with Crippen LogP contribution in [0, 0.1) is 11.3 Å². The standard InChI is InChI=1S/C30H30N8O2/c1-33-17-24(15-31)23-14-26(29-25(16-32)19-35-38(29)20-23)22-7-8-28(34-18-22)36-9-11-37(12-10-36)30(40)27(39)13-21-5-3-2-4-6-21/h2-8,14-15,17-20,27,39H,9-13,31H2,1H3. The number of aliphatic imine (C=N–C) groups is 1. The highest BCUT2D eigenvalue weighted by Crippen LogP contribution is 2.30. The van der Waals surface area contributed by atoms with Gasteiger partial charge in [-0.1, -0.05) is 30.3 Å². The Morgan fingerprint density at radius 3 is 2.60 bits per heavy atom. The van der Waals surface area contributed by atoms with Gasteiger partial charge in [0.2, 0.25) is 0 Å². The maximum Gasteiger partial charge on any atom is 0.251 e. The van der Waals surface area contributed by atoms with Gasteiger partial charge in [-0.15, -0.1) is 0 Å². The van der Waals surface area contributed by atoms with Crippen molar-refractivity contribution in [2.24, 2.45) is 10.7 Å². The molecular weight excluding hydrogens is 504 g/mol. The number of rotatable bonds is 7. The van der Waals surface area contributed by atoms with Crippen LogP contribution in [-0.2, 0) is 11.2 Å². The summed E-state index contributed by atoms with van der Waals surface area (Å²) in [5.74, 6) is 0.548. The van der Waals surface area contributed by atoms with E-state index in [0.29, 0.717) is 43.7 Å². The minimum atomic E-state index is -1.06. The molecule has 0 saturated carbocycles. The van der Waals surface area contributed by atoms with Gasteiger partial charge in [-0.2, -0.15) is 10.4 Å². The lowest BCUT2D eigenvalue weighted by molar-refractivity contribution is -0.140. The van der Waals surface area contributed by atoms with E-state index in [9.17, 15) is 15.2 Å². The van der Waals surface area contributed by atoms with Gasteiger partial charge in [-0.3, -0.25) is 9.79 Å². The van der Waals surface area contributed by atoms with E-state index >= 15 is 0 Å². The normalized spacial score (nSPS) is 15.0. The van der Waals surface area contributed by atoms with Crippen LogP contribution >= 0.6 is 0 Å². The summed E-state index contributed by atoms with van der Waals surface area (Å²) in [4.78, 5) is 25.4. The maximum atomic E-state index is 12.8. The number of nitriles is 1. The third-order valence-corrected chi connectivity index (χ3v) is 7.04. The monoisotopic (exact) mass is 534 g/mol. The quantitative estimate of drug-likeness (QED) is 0.348. The number of anilines is 1. The van der Waals surface area contributed by atoms with Crippen molar-refractivity contribution in [3.05, 3.63) is 90.0 Å². The molecule has 3 aromatic heterocycles. The van der Waals surface area contributed by atoms with Gasteiger partial charge >= 0.3 is 0 Å². The molecule has 1 saturated heterocycles. The molecule has 4 heterocycles. The van der Waals surface area contributed by atoms with Crippen molar-refractivity contribution in [3.63, 3.8) is 0 Å². The summed E-state index contributed by atoms with van der Waals surface area (Å²) >= 11 is 0. The lowest BCUT2D eigenvalue weighted by atomic mass is 10.0. The van der Waals surface area contributed by atoms with Crippen molar-refractivity contribution in [3.8, 4) is 17.2 Å². The van der Waals surface area contributed by atoms with E-state index in [-0.39, 0.29) is 5.91 Å². The van der Waals surface area contributed by atoms with E-state index in [4.69, 9.17) is 10.7 Å². The van der Waals surface area contributed by atoms with Crippen molar-refractivity contribution in [2.75, 3.05) is 38.1 Å². The number of amides is 1. The minimum Gasteiger partial charge on any atom is -0.404 e. The smallest absolute Gasteiger partial charge is 0.251 e. The van der Waals surface area contributed by atoms with Crippen LogP contribution in [0.1, 0.15) is 16.7 Å². The summed E-state index contributed by atoms with van der Waals surface area (Å²) in [7, 11) is 1.68. The van der Waals surface area contributed by atoms with Crippen LogP contribution in [0.5, 0.6) is 0 Å². The van der Waals surface area contributed by atoms with Crippen LogP contribution in [0.4, 0.5) is 5.82 Å². The fourth-order valence-corrected chi connectivity index (χ4v) is 4.96. The highest BCUT2D eigenvalue weighted by atomic mass is 16.3. The van der Waals surface area contributed by atoms with Crippen LogP contribution in [0.3, 0.4) is 0 Å². The summed E-state index contributed by atoms with van der Waals surface area (Å²) in [6.45, 7) is 2.23. The molecule has 1 aliphatic rings. The van der Waals surface area contributed by atoms with E-state index < -0.39 is 6.10 Å². The number of nitrogens with zero attached hydrogens (tertiary/aromatic N) is 7. The zero-order valence-electron chi connectivity index (χ0n) is 22.2. The lowest BCUT2D eigenvalue weighted by Crippen LogP contribution is -2.52. The van der Waals surface area contributed by atoms with Crippen molar-refractivity contribution in [1.29, 1.82) is 5.26 Å². The number of nitrogens with two attached hydrogens (primary N) is 1. The summed E-state index contributed by atoms with van der Waals surface area (Å²) < 4.78 is 1.67. The van der Waals surface area contributed by atoms with E-state index in [1.165, 1.54) is 6.20 Å². The molecule has 1 atom stereocenters. The fraction of sp³-hybridized carbons (Fsp3) is 0.233. The maximum absolute atomic E-state index is 12.8. The summed E-state index contributed by atoms with van der Waals surface area (Å²) in [6, 6.07) is 17.6. The first-order chi connectivity index (χ1) is 19.5. The van der Waals surface area contributed by atoms with Crippen LogP contribution in [0.15, 0.2) is 78.3 Å². The predicted molar refractivity (Wildman–Crippen MR) is 155 cm³/mol. The van der Waals surface area contributed by atoms with Gasteiger partial charge in [-0.05, 0) is 23.8 Å². The largest absolute Gasteiger partial charge is 0.404 e. The van der Waals surface area contributed by atoms with E-state index in [1.54, 1.807) is 35.1 Å². The number of aromatic nitrogens is 3. The van der Waals surface area contributed by atoms with E-state index in [1.807, 2.05) is 54.7 Å². The zero-order chi connectivity index (χ0) is 28.1. The molecular formula is C30H30N8O2. The molecule has 3 N–H and O–H groups in total. The second-order valence-electron chi connectivity index (χ2n) is 9.54. The number of pyridine rings is 2. The zero-order valence-corrected chi connectivity index (χ0v) is 22.2. The van der Waals surface area contributed by atoms with Crippen LogP contribution in [0.25, 0.3) is 22.2 Å². The van der Waals surface area contributed by atoms with Gasteiger partial charge < -0.3 is 20.6 Å². The van der Waals surface area contributed by atoms with Crippen LogP contribution in [-0.4, -0.2) is 76.1 Å². The van der Waals surface area contributed by atoms with E-state index in [0.717, 1.165) is 33.6 Å². The van der Waals surface area contributed by atoms with Gasteiger partial charge in [0.1, 0.15) is 18.0 Å². The van der Waals surface area contributed by atoms with Crippen molar-refractivity contribution in [2.45, 2.75) is 12.5 Å². The summed E-state index contributed by atoms with van der Waals surface area (Å²) in [5.41, 5.74) is 11.1. The Labute approximate surface area is 232 Å². The highest BCUT2D eigenvalue weighted by molar-refractivity contribution is 6.10. The second kappa shape index (κ2) is 11.8. The molecule has 0 aliphatic carbocycles. The second-order valence-corrected chi connectivity index (χ2v) is 9.54. The molecule has 1 aromatic carbocycles. The Bertz CT molecular complexity index is 1590. The van der Waals surface area contributed by atoms with Crippen molar-refractivity contribution in [1.82, 2.24) is 19.5 Å². The number of allylic oxidation sites excluding steroid dienone is 1. The summed E-state index contributed by atoms with van der Waals surface area (Å²) in [6.07, 6.45) is 7.55. The van der Waals surface area contributed by atoms with Gasteiger partial charge in [0.25, 0.3) is 5.91 Å². The van der Waals surface area contributed by atoms with Gasteiger partial charge in [0, 0.05) is 86.7 Å². The van der Waals surface area contributed by atoms with Crippen molar-refractivity contribution >= 4 is 29.0 Å². The average Bonchev–Trinajstić information content (AvgIpc) is 3.43. The number of fused-ring (bicyclic) bond motifs is 1. The Kier molecular flexibility index (Phi) is 7.84. The van der Waals surface area contributed by atoms with Crippen molar-refractivity contribution < 1.29 is 9.90 Å². The molecule has 1 fully saturated rings. The first-order valence-electron chi connectivity index (χ1n) is 13.0.